The highest BCUT2D eigenvalue weighted by molar-refractivity contribution is 4.47. The summed E-state index contributed by atoms with van der Waals surface area (Å²) >= 11 is 0. The van der Waals surface area contributed by atoms with Crippen LogP contribution in [0.15, 0.2) is 0 Å². The molecule has 0 aliphatic carbocycles. The zero-order valence-electron chi connectivity index (χ0n) is 14.2. The average molecular weight is 263 g/mol. The zero-order valence-corrected chi connectivity index (χ0v) is 14.2. The first kappa shape index (κ1) is 30.4. The molecule has 0 atom stereocenters. The third-order valence-corrected chi connectivity index (χ3v) is 0.382. The Hall–Kier alpha value is -0.590. The van der Waals surface area contributed by atoms with Crippen molar-refractivity contribution in [2.75, 3.05) is 27.4 Å². The van der Waals surface area contributed by atoms with Gasteiger partial charge in [0.15, 0.2) is 0 Å². The van der Waals surface area contributed by atoms with Crippen molar-refractivity contribution in [1.82, 2.24) is 0 Å². The lowest BCUT2D eigenvalue weighted by Gasteiger charge is -1.79. The van der Waals surface area contributed by atoms with E-state index in [-0.39, 0.29) is 0 Å². The van der Waals surface area contributed by atoms with Crippen molar-refractivity contribution in [3.63, 3.8) is 0 Å². The lowest BCUT2D eigenvalue weighted by molar-refractivity contribution is 0.277. The van der Waals surface area contributed by atoms with Gasteiger partial charge in [-0.3, -0.25) is 0 Å². The lowest BCUT2D eigenvalue weighted by Crippen LogP contribution is -1.69. The number of hydrogen-bond donors (Lipinski definition) is 1. The van der Waals surface area contributed by atoms with E-state index in [1.165, 1.54) is 6.42 Å². The molecule has 1 N–H and O–H groups in total. The summed E-state index contributed by atoms with van der Waals surface area (Å²) in [5.74, 6) is 0.833. The van der Waals surface area contributed by atoms with Crippen molar-refractivity contribution in [1.29, 1.82) is 0 Å². The van der Waals surface area contributed by atoms with Gasteiger partial charge < -0.3 is 14.7 Å². The van der Waals surface area contributed by atoms with Crippen LogP contribution >= 0.6 is 0 Å². The predicted octanol–water partition coefficient (Wildman–Crippen LogP) is 4.66. The van der Waals surface area contributed by atoms with Crippen molar-refractivity contribution in [3.05, 3.63) is 11.4 Å². The van der Waals surface area contributed by atoms with Gasteiger partial charge >= 0.3 is 0 Å². The van der Waals surface area contributed by atoms with Gasteiger partial charge in [-0.1, -0.05) is 48.0 Å². The largest absolute Gasteiger partial charge is 0.396 e. The molecule has 3 heteroatoms. The molecule has 0 radical (unpaired) electrons. The zero-order chi connectivity index (χ0) is 15.8. The summed E-state index contributed by atoms with van der Waals surface area (Å²) in [4.78, 5) is 2.99. The first-order valence-electron chi connectivity index (χ1n) is 6.73. The first-order valence-corrected chi connectivity index (χ1v) is 6.73. The maximum absolute atomic E-state index is 7.88. The van der Waals surface area contributed by atoms with E-state index in [1.54, 1.807) is 14.2 Å². The normalized spacial score (nSPS) is 6.78. The number of aliphatic hydroxyl groups excluding tert-OH is 1. The summed E-state index contributed by atoms with van der Waals surface area (Å²) in [5, 5.41) is 7.88. The van der Waals surface area contributed by atoms with E-state index in [2.05, 4.69) is 44.2 Å². The number of nitrogens with zero attached hydrogens (tertiary/aromatic N) is 1. The molecule has 0 aromatic heterocycles. The molecule has 0 aliphatic heterocycles. The molecule has 0 saturated carbocycles. The summed E-state index contributed by atoms with van der Waals surface area (Å²) in [6.07, 6.45) is 2.12. The fourth-order valence-electron chi connectivity index (χ4n) is 0. The van der Waals surface area contributed by atoms with Gasteiger partial charge in [0.05, 0.1) is 0 Å². The van der Waals surface area contributed by atoms with Gasteiger partial charge in [-0.15, -0.1) is 0 Å². The third kappa shape index (κ3) is 1610. The first-order chi connectivity index (χ1) is 8.39. The minimum atomic E-state index is 0.319. The van der Waals surface area contributed by atoms with Gasteiger partial charge in [0.1, 0.15) is 0 Å². The quantitative estimate of drug-likeness (QED) is 0.698. The Morgan fingerprint density at radius 2 is 1.17 bits per heavy atom. The minimum Gasteiger partial charge on any atom is -0.396 e. The SMILES string of the molecule is CC(C)C.CCC.CCCO.COC.[C-]#[N+]CC. The molecule has 18 heavy (non-hydrogen) atoms. The van der Waals surface area contributed by atoms with Crippen molar-refractivity contribution in [3.8, 4) is 0 Å². The molecule has 3 nitrogen and oxygen atoms in total. The van der Waals surface area contributed by atoms with Gasteiger partial charge in [-0.25, -0.2) is 6.57 Å². The topological polar surface area (TPSA) is 33.8 Å². The highest BCUT2D eigenvalue weighted by Crippen LogP contribution is 1.81. The smallest absolute Gasteiger partial charge is 0.211 e. The molecule has 0 bridgehead atoms. The Labute approximate surface area is 116 Å². The van der Waals surface area contributed by atoms with Crippen LogP contribution in [0.1, 0.15) is 61.3 Å². The van der Waals surface area contributed by atoms with Gasteiger partial charge in [-0.05, 0) is 12.3 Å². The molecule has 0 aromatic carbocycles. The fraction of sp³-hybridized carbons (Fsp3) is 0.933. The number of rotatable bonds is 1. The number of ether oxygens (including phenoxy) is 1. The van der Waals surface area contributed by atoms with Crippen molar-refractivity contribution in [2.24, 2.45) is 5.92 Å². The third-order valence-electron chi connectivity index (χ3n) is 0.382. The molecule has 0 fully saturated rings. The van der Waals surface area contributed by atoms with E-state index in [1.807, 2.05) is 13.8 Å². The lowest BCUT2D eigenvalue weighted by atomic mass is 10.3. The average Bonchev–Trinajstić information content (AvgIpc) is 2.30. The molecule has 114 valence electrons. The van der Waals surface area contributed by atoms with Gasteiger partial charge in [0, 0.05) is 27.8 Å². The van der Waals surface area contributed by atoms with Crippen molar-refractivity contribution < 1.29 is 9.84 Å². The van der Waals surface area contributed by atoms with Crippen LogP contribution in [0.25, 0.3) is 4.85 Å². The minimum absolute atomic E-state index is 0.319. The van der Waals surface area contributed by atoms with Crippen LogP contribution in [-0.2, 0) is 4.74 Å². The van der Waals surface area contributed by atoms with E-state index in [0.717, 1.165) is 12.3 Å². The van der Waals surface area contributed by atoms with E-state index in [0.29, 0.717) is 13.2 Å². The van der Waals surface area contributed by atoms with E-state index in [9.17, 15) is 0 Å². The Bertz CT molecular complexity index is 103. The second kappa shape index (κ2) is 55.1. The van der Waals surface area contributed by atoms with Gasteiger partial charge in [0.25, 0.3) is 0 Å². The Morgan fingerprint density at radius 3 is 1.17 bits per heavy atom. The van der Waals surface area contributed by atoms with Crippen molar-refractivity contribution >= 4 is 0 Å². The Morgan fingerprint density at radius 1 is 1.06 bits per heavy atom. The molecule has 0 aromatic rings. The number of aliphatic hydroxyl groups is 1. The van der Waals surface area contributed by atoms with Crippen LogP contribution in [0.4, 0.5) is 0 Å². The van der Waals surface area contributed by atoms with Crippen LogP contribution < -0.4 is 0 Å². The molecule has 0 amide bonds. The van der Waals surface area contributed by atoms with Gasteiger partial charge in [0.2, 0.25) is 6.54 Å². The highest BCUT2D eigenvalue weighted by atomic mass is 16.4. The summed E-state index contributed by atoms with van der Waals surface area (Å²) in [6.45, 7) is 21.5. The molecule has 0 spiro atoms. The van der Waals surface area contributed by atoms with Crippen LogP contribution in [0, 0.1) is 12.5 Å². The standard InChI is InChI=1S/C4H10.C3H5N.C3H8O.C3H8.C2H6O/c1-4(2)3;1-3-4-2;1-2-3-4;2*1-3-2/h4H,1-3H3;3H2,1H3;4H,2-3H2,1H3;3H2,1-2H3;1-2H3. The monoisotopic (exact) mass is 263 g/mol. The summed E-state index contributed by atoms with van der Waals surface area (Å²) in [7, 11) is 3.25. The maximum Gasteiger partial charge on any atom is 0.211 e. The Kier molecular flexibility index (Phi) is 93.2. The number of hydrogen-bond acceptors (Lipinski definition) is 2. The molecular formula is C15H37NO2. The van der Waals surface area contributed by atoms with Crippen LogP contribution in [-0.4, -0.2) is 32.5 Å². The predicted molar refractivity (Wildman–Crippen MR) is 83.9 cm³/mol. The van der Waals surface area contributed by atoms with E-state index >= 15 is 0 Å². The fourth-order valence-corrected chi connectivity index (χ4v) is 0. The highest BCUT2D eigenvalue weighted by Gasteiger charge is 1.68. The maximum atomic E-state index is 7.88. The summed E-state index contributed by atoms with van der Waals surface area (Å²) < 4.78 is 4.25. The molecular weight excluding hydrogens is 226 g/mol. The second-order valence-corrected chi connectivity index (χ2v) is 4.05. The molecule has 0 aliphatic rings. The second-order valence-electron chi connectivity index (χ2n) is 4.05. The molecule has 0 rings (SSSR count). The molecule has 0 heterocycles. The molecule has 0 unspecified atom stereocenters. The van der Waals surface area contributed by atoms with E-state index in [4.69, 9.17) is 11.7 Å². The number of methoxy groups -OCH3 is 1. The van der Waals surface area contributed by atoms with Crippen LogP contribution in [0.2, 0.25) is 0 Å². The van der Waals surface area contributed by atoms with Gasteiger partial charge in [-0.2, -0.15) is 0 Å². The Balaban J connectivity index is -0.0000000394. The molecule has 0 saturated heterocycles. The van der Waals surface area contributed by atoms with Crippen molar-refractivity contribution in [2.45, 2.75) is 61.3 Å². The summed E-state index contributed by atoms with van der Waals surface area (Å²) in [6, 6.07) is 0. The van der Waals surface area contributed by atoms with Crippen LogP contribution in [0.3, 0.4) is 0 Å². The summed E-state index contributed by atoms with van der Waals surface area (Å²) in [5.41, 5.74) is 0. The van der Waals surface area contributed by atoms with E-state index < -0.39 is 0 Å². The van der Waals surface area contributed by atoms with Crippen LogP contribution in [0.5, 0.6) is 0 Å².